The van der Waals surface area contributed by atoms with Gasteiger partial charge in [0.15, 0.2) is 11.6 Å². The number of carbonyl (C=O) groups is 2. The molecule has 146 valence electrons. The van der Waals surface area contributed by atoms with E-state index in [1.165, 1.54) is 12.1 Å². The summed E-state index contributed by atoms with van der Waals surface area (Å²) in [6, 6.07) is 6.12. The van der Waals surface area contributed by atoms with Gasteiger partial charge in [0.2, 0.25) is 11.8 Å². The smallest absolute Gasteiger partial charge is 0.229 e. The molecule has 27 heavy (non-hydrogen) atoms. The second-order valence-corrected chi connectivity index (χ2v) is 7.38. The molecule has 0 unspecified atom stereocenters. The van der Waals surface area contributed by atoms with Crippen molar-refractivity contribution in [2.75, 3.05) is 32.8 Å². The summed E-state index contributed by atoms with van der Waals surface area (Å²) in [7, 11) is 0. The molecule has 3 saturated heterocycles. The molecule has 3 heterocycles. The third-order valence-electron chi connectivity index (χ3n) is 5.80. The third-order valence-corrected chi connectivity index (χ3v) is 5.80. The summed E-state index contributed by atoms with van der Waals surface area (Å²) in [5.74, 6) is -1.45. The summed E-state index contributed by atoms with van der Waals surface area (Å²) < 4.78 is 25.0. The second-order valence-electron chi connectivity index (χ2n) is 7.38. The van der Waals surface area contributed by atoms with Crippen LogP contribution in [0.15, 0.2) is 24.3 Å². The Morgan fingerprint density at radius 2 is 2.26 bits per heavy atom. The van der Waals surface area contributed by atoms with Crippen molar-refractivity contribution in [2.45, 2.75) is 24.5 Å². The minimum Gasteiger partial charge on any atom is -0.489 e. The lowest BCUT2D eigenvalue weighted by molar-refractivity contribution is -0.138. The summed E-state index contributed by atoms with van der Waals surface area (Å²) in [5.41, 5.74) is 5.06. The largest absolute Gasteiger partial charge is 0.489 e. The standard InChI is InChI=1S/C19H24FN3O4/c20-12-3-1-2-4-13(12)26-10-8-22-17(24)15-14-5-6-19(27-14)11-23(9-7-21)18(25)16(15)19/h1-4,14-16H,5-11,21H2,(H,22,24)/t14-,15-,16+,19-/m0/s1. The van der Waals surface area contributed by atoms with E-state index in [-0.39, 0.29) is 36.8 Å². The van der Waals surface area contributed by atoms with Gasteiger partial charge in [-0.3, -0.25) is 9.59 Å². The number of likely N-dealkylation sites (tertiary alicyclic amines) is 1. The Morgan fingerprint density at radius 3 is 3.04 bits per heavy atom. The van der Waals surface area contributed by atoms with Crippen LogP contribution in [-0.2, 0) is 14.3 Å². The molecule has 0 saturated carbocycles. The number of amides is 2. The van der Waals surface area contributed by atoms with Gasteiger partial charge in [-0.05, 0) is 25.0 Å². The van der Waals surface area contributed by atoms with Crippen molar-refractivity contribution >= 4 is 11.8 Å². The van der Waals surface area contributed by atoms with Crippen molar-refractivity contribution in [2.24, 2.45) is 17.6 Å². The van der Waals surface area contributed by atoms with Crippen LogP contribution in [0.3, 0.4) is 0 Å². The maximum Gasteiger partial charge on any atom is 0.229 e. The molecule has 2 amide bonds. The number of benzene rings is 1. The molecule has 0 aromatic heterocycles. The van der Waals surface area contributed by atoms with Crippen molar-refractivity contribution in [3.8, 4) is 5.75 Å². The van der Waals surface area contributed by atoms with Crippen molar-refractivity contribution in [3.05, 3.63) is 30.1 Å². The van der Waals surface area contributed by atoms with E-state index in [2.05, 4.69) is 5.32 Å². The highest BCUT2D eigenvalue weighted by Gasteiger charge is 2.68. The van der Waals surface area contributed by atoms with Crippen molar-refractivity contribution in [3.63, 3.8) is 0 Å². The van der Waals surface area contributed by atoms with E-state index in [1.54, 1.807) is 17.0 Å². The number of nitrogens with zero attached hydrogens (tertiary/aromatic N) is 1. The first-order chi connectivity index (χ1) is 13.1. The highest BCUT2D eigenvalue weighted by molar-refractivity contribution is 5.92. The van der Waals surface area contributed by atoms with Gasteiger partial charge >= 0.3 is 0 Å². The maximum atomic E-state index is 13.5. The molecule has 0 aliphatic carbocycles. The van der Waals surface area contributed by atoms with Gasteiger partial charge < -0.3 is 25.4 Å². The first kappa shape index (κ1) is 18.2. The SMILES string of the molecule is NCCN1C[C@]23CC[C@H](O2)[C@H](C(=O)NCCOc2ccccc2F)[C@@H]3C1=O. The van der Waals surface area contributed by atoms with Gasteiger partial charge in [0.05, 0.1) is 36.6 Å². The van der Waals surface area contributed by atoms with E-state index in [9.17, 15) is 14.0 Å². The molecule has 1 aromatic carbocycles. The number of carbonyl (C=O) groups excluding carboxylic acids is 2. The Bertz CT molecular complexity index is 745. The highest BCUT2D eigenvalue weighted by atomic mass is 19.1. The molecule has 0 radical (unpaired) electrons. The minimum atomic E-state index is -0.539. The molecule has 3 fully saturated rings. The van der Waals surface area contributed by atoms with Crippen LogP contribution in [0.4, 0.5) is 4.39 Å². The number of ether oxygens (including phenoxy) is 2. The number of nitrogens with one attached hydrogen (secondary N) is 1. The van der Waals surface area contributed by atoms with Gasteiger partial charge in [-0.25, -0.2) is 4.39 Å². The lowest BCUT2D eigenvalue weighted by Crippen LogP contribution is -2.46. The van der Waals surface area contributed by atoms with E-state index in [4.69, 9.17) is 15.2 Å². The Balaban J connectivity index is 1.35. The van der Waals surface area contributed by atoms with E-state index >= 15 is 0 Å². The Hall–Kier alpha value is -2.19. The van der Waals surface area contributed by atoms with E-state index in [1.807, 2.05) is 0 Å². The fraction of sp³-hybridized carbons (Fsp3) is 0.579. The average molecular weight is 377 g/mol. The molecular weight excluding hydrogens is 353 g/mol. The number of nitrogens with two attached hydrogens (primary N) is 1. The van der Waals surface area contributed by atoms with Gasteiger partial charge in [0.1, 0.15) is 6.61 Å². The van der Waals surface area contributed by atoms with Crippen molar-refractivity contribution in [1.29, 1.82) is 0 Å². The van der Waals surface area contributed by atoms with Crippen molar-refractivity contribution in [1.82, 2.24) is 10.2 Å². The predicted octanol–water partition coefficient (Wildman–Crippen LogP) is 0.285. The zero-order valence-electron chi connectivity index (χ0n) is 15.0. The van der Waals surface area contributed by atoms with Crippen LogP contribution >= 0.6 is 0 Å². The summed E-state index contributed by atoms with van der Waals surface area (Å²) in [5, 5.41) is 2.81. The molecule has 4 rings (SSSR count). The first-order valence-electron chi connectivity index (χ1n) is 9.37. The zero-order chi connectivity index (χ0) is 19.0. The molecular formula is C19H24FN3O4. The van der Waals surface area contributed by atoms with Crippen LogP contribution in [0.1, 0.15) is 12.8 Å². The summed E-state index contributed by atoms with van der Waals surface area (Å²) in [4.78, 5) is 27.2. The van der Waals surface area contributed by atoms with E-state index < -0.39 is 23.3 Å². The van der Waals surface area contributed by atoms with Crippen LogP contribution in [0, 0.1) is 17.7 Å². The Labute approximate surface area is 157 Å². The van der Waals surface area contributed by atoms with Gasteiger partial charge in [-0.2, -0.15) is 0 Å². The average Bonchev–Trinajstić information content (AvgIpc) is 3.29. The third kappa shape index (κ3) is 3.06. The van der Waals surface area contributed by atoms with Crippen LogP contribution in [0.5, 0.6) is 5.75 Å². The van der Waals surface area contributed by atoms with Crippen LogP contribution in [-0.4, -0.2) is 61.2 Å². The normalized spacial score (nSPS) is 31.3. The number of halogens is 1. The Kier molecular flexibility index (Phi) is 4.77. The molecule has 7 nitrogen and oxygen atoms in total. The topological polar surface area (TPSA) is 93.9 Å². The molecule has 8 heteroatoms. The van der Waals surface area contributed by atoms with Crippen LogP contribution in [0.25, 0.3) is 0 Å². The number of hydrogen-bond donors (Lipinski definition) is 2. The van der Waals surface area contributed by atoms with Gasteiger partial charge in [-0.1, -0.05) is 12.1 Å². The fourth-order valence-electron chi connectivity index (χ4n) is 4.70. The summed E-state index contributed by atoms with van der Waals surface area (Å²) in [6.45, 7) is 1.77. The Morgan fingerprint density at radius 1 is 1.44 bits per heavy atom. The summed E-state index contributed by atoms with van der Waals surface area (Å²) in [6.07, 6.45) is 1.37. The number of fused-ring (bicyclic) bond motifs is 1. The number of para-hydroxylation sites is 1. The lowest BCUT2D eigenvalue weighted by atomic mass is 9.73. The molecule has 1 aromatic rings. The van der Waals surface area contributed by atoms with Crippen LogP contribution < -0.4 is 15.8 Å². The van der Waals surface area contributed by atoms with Crippen LogP contribution in [0.2, 0.25) is 0 Å². The quantitative estimate of drug-likeness (QED) is 0.666. The fourth-order valence-corrected chi connectivity index (χ4v) is 4.70. The minimum absolute atomic E-state index is 0.0367. The predicted molar refractivity (Wildman–Crippen MR) is 94.4 cm³/mol. The molecule has 2 bridgehead atoms. The number of rotatable bonds is 7. The number of hydrogen-bond acceptors (Lipinski definition) is 5. The second kappa shape index (κ2) is 7.09. The monoisotopic (exact) mass is 377 g/mol. The molecule has 4 atom stereocenters. The highest BCUT2D eigenvalue weighted by Crippen LogP contribution is 2.55. The van der Waals surface area contributed by atoms with Gasteiger partial charge in [0.25, 0.3) is 0 Å². The van der Waals surface area contributed by atoms with Gasteiger partial charge in [-0.15, -0.1) is 0 Å². The lowest BCUT2D eigenvalue weighted by Gasteiger charge is -2.27. The molecule has 3 aliphatic heterocycles. The summed E-state index contributed by atoms with van der Waals surface area (Å²) >= 11 is 0. The van der Waals surface area contributed by atoms with Gasteiger partial charge in [0, 0.05) is 13.1 Å². The molecule has 1 spiro atoms. The first-order valence-corrected chi connectivity index (χ1v) is 9.37. The van der Waals surface area contributed by atoms with Crippen molar-refractivity contribution < 1.29 is 23.5 Å². The zero-order valence-corrected chi connectivity index (χ0v) is 15.0. The maximum absolute atomic E-state index is 13.5. The molecule has 3 N–H and O–H groups in total. The van der Waals surface area contributed by atoms with E-state index in [0.717, 1.165) is 12.8 Å². The van der Waals surface area contributed by atoms with E-state index in [0.29, 0.717) is 19.6 Å². The molecule has 3 aliphatic rings.